The Kier molecular flexibility index (Phi) is 3.51. The summed E-state index contributed by atoms with van der Waals surface area (Å²) in [5, 5.41) is 7.88. The summed E-state index contributed by atoms with van der Waals surface area (Å²) in [6.07, 6.45) is 1.03. The molecule has 0 bridgehead atoms. The number of H-pyrrole nitrogens is 1. The average molecular weight is 283 g/mol. The van der Waals surface area contributed by atoms with Crippen molar-refractivity contribution in [3.63, 3.8) is 0 Å². The summed E-state index contributed by atoms with van der Waals surface area (Å²) in [5.41, 5.74) is 1.20. The molecule has 0 radical (unpaired) electrons. The molecular weight excluding hydrogens is 270 g/mol. The maximum absolute atomic E-state index is 11.8. The van der Waals surface area contributed by atoms with Crippen molar-refractivity contribution in [2.24, 2.45) is 0 Å². The zero-order valence-corrected chi connectivity index (χ0v) is 11.3. The number of carbonyl (C=O) groups excluding carboxylic acids is 1. The van der Waals surface area contributed by atoms with Crippen molar-refractivity contribution in [2.75, 3.05) is 0 Å². The largest absolute Gasteiger partial charge is 0.448 e. The second-order valence-corrected chi connectivity index (χ2v) is 4.44. The smallest absolute Gasteiger partial charge is 0.355 e. The van der Waals surface area contributed by atoms with Crippen molar-refractivity contribution >= 4 is 5.97 Å². The maximum atomic E-state index is 11.8. The Labute approximate surface area is 120 Å². The molecule has 0 saturated heterocycles. The Morgan fingerprint density at radius 1 is 1.19 bits per heavy atom. The van der Waals surface area contributed by atoms with Crippen molar-refractivity contribution in [3.05, 3.63) is 60.2 Å². The van der Waals surface area contributed by atoms with Crippen LogP contribution in [0.3, 0.4) is 0 Å². The highest BCUT2D eigenvalue weighted by molar-refractivity contribution is 5.87. The van der Waals surface area contributed by atoms with E-state index in [1.807, 2.05) is 30.3 Å². The van der Waals surface area contributed by atoms with E-state index in [2.05, 4.69) is 15.2 Å². The van der Waals surface area contributed by atoms with E-state index in [1.54, 1.807) is 25.3 Å². The van der Waals surface area contributed by atoms with E-state index in [9.17, 15) is 4.79 Å². The van der Waals surface area contributed by atoms with Gasteiger partial charge in [0.25, 0.3) is 5.89 Å². The van der Waals surface area contributed by atoms with Crippen molar-refractivity contribution in [1.29, 1.82) is 0 Å². The fraction of sp³-hybridized carbons (Fsp3) is 0.133. The average Bonchev–Trinajstić information content (AvgIpc) is 3.20. The summed E-state index contributed by atoms with van der Waals surface area (Å²) in [5.74, 6) is 0.189. The molecule has 6 nitrogen and oxygen atoms in total. The topological polar surface area (TPSA) is 81.0 Å². The molecule has 1 atom stereocenters. The molecule has 3 rings (SSSR count). The molecule has 21 heavy (non-hydrogen) atoms. The second kappa shape index (κ2) is 5.62. The minimum Gasteiger partial charge on any atom is -0.448 e. The number of rotatable bonds is 4. The van der Waals surface area contributed by atoms with Crippen LogP contribution in [-0.4, -0.2) is 21.2 Å². The number of esters is 1. The zero-order valence-electron chi connectivity index (χ0n) is 11.3. The maximum Gasteiger partial charge on any atom is 0.355 e. The van der Waals surface area contributed by atoms with Gasteiger partial charge >= 0.3 is 5.97 Å². The first-order valence-electron chi connectivity index (χ1n) is 6.47. The zero-order chi connectivity index (χ0) is 14.7. The van der Waals surface area contributed by atoms with Gasteiger partial charge in [-0.15, -0.1) is 10.2 Å². The Hall–Kier alpha value is -2.89. The van der Waals surface area contributed by atoms with Crippen LogP contribution < -0.4 is 0 Å². The van der Waals surface area contributed by atoms with Crippen molar-refractivity contribution < 1.29 is 13.9 Å². The number of nitrogens with zero attached hydrogens (tertiary/aromatic N) is 2. The molecule has 1 N–H and O–H groups in total. The highest BCUT2D eigenvalue weighted by Crippen LogP contribution is 2.22. The summed E-state index contributed by atoms with van der Waals surface area (Å²) >= 11 is 0. The first-order valence-corrected chi connectivity index (χ1v) is 6.47. The van der Waals surface area contributed by atoms with Gasteiger partial charge in [-0.3, -0.25) is 0 Å². The number of carbonyl (C=O) groups is 1. The molecule has 6 heteroatoms. The van der Waals surface area contributed by atoms with Crippen molar-refractivity contribution in [3.8, 4) is 11.5 Å². The summed E-state index contributed by atoms with van der Waals surface area (Å²) in [7, 11) is 0. The first-order chi connectivity index (χ1) is 10.2. The Morgan fingerprint density at radius 2 is 2.00 bits per heavy atom. The van der Waals surface area contributed by atoms with Crippen LogP contribution in [0.2, 0.25) is 0 Å². The third kappa shape index (κ3) is 2.84. The second-order valence-electron chi connectivity index (χ2n) is 4.44. The van der Waals surface area contributed by atoms with Crippen LogP contribution in [0.5, 0.6) is 0 Å². The van der Waals surface area contributed by atoms with Crippen LogP contribution in [0.15, 0.2) is 53.1 Å². The van der Waals surface area contributed by atoms with Gasteiger partial charge < -0.3 is 14.1 Å². The molecule has 0 saturated carbocycles. The monoisotopic (exact) mass is 283 g/mol. The van der Waals surface area contributed by atoms with Gasteiger partial charge in [-0.25, -0.2) is 4.79 Å². The normalized spacial score (nSPS) is 12.0. The van der Waals surface area contributed by atoms with Crippen LogP contribution in [0.1, 0.15) is 29.4 Å². The predicted octanol–water partition coefficient (Wildman–Crippen LogP) is 2.98. The number of hydrogen-bond acceptors (Lipinski definition) is 5. The number of hydrogen-bond donors (Lipinski definition) is 1. The van der Waals surface area contributed by atoms with E-state index >= 15 is 0 Å². The number of benzene rings is 1. The molecule has 3 aromatic rings. The minimum absolute atomic E-state index is 0.258. The van der Waals surface area contributed by atoms with Crippen molar-refractivity contribution in [2.45, 2.75) is 13.0 Å². The van der Waals surface area contributed by atoms with Gasteiger partial charge in [0, 0.05) is 11.8 Å². The Bertz CT molecular complexity index is 720. The van der Waals surface area contributed by atoms with Crippen LogP contribution >= 0.6 is 0 Å². The lowest BCUT2D eigenvalue weighted by Crippen LogP contribution is -2.09. The molecule has 0 aliphatic rings. The highest BCUT2D eigenvalue weighted by Gasteiger charge is 2.20. The third-order valence-corrected chi connectivity index (χ3v) is 2.91. The SMILES string of the molecule is C[C@H](OC(=O)c1ccc[nH]1)c1nnc(-c2ccccc2)o1. The lowest BCUT2D eigenvalue weighted by molar-refractivity contribution is 0.0274. The molecule has 0 fully saturated rings. The Morgan fingerprint density at radius 3 is 2.71 bits per heavy atom. The number of nitrogens with one attached hydrogen (secondary N) is 1. The molecule has 0 amide bonds. The summed E-state index contributed by atoms with van der Waals surface area (Å²) in [6, 6.07) is 12.8. The summed E-state index contributed by atoms with van der Waals surface area (Å²) < 4.78 is 10.8. The summed E-state index contributed by atoms with van der Waals surface area (Å²) in [4.78, 5) is 14.6. The molecule has 2 aromatic heterocycles. The van der Waals surface area contributed by atoms with E-state index in [1.165, 1.54) is 0 Å². The van der Waals surface area contributed by atoms with E-state index in [0.717, 1.165) is 5.56 Å². The van der Waals surface area contributed by atoms with Gasteiger partial charge in [0.2, 0.25) is 5.89 Å². The van der Waals surface area contributed by atoms with Gasteiger partial charge in [-0.2, -0.15) is 0 Å². The number of ether oxygens (including phenoxy) is 1. The molecule has 2 heterocycles. The van der Waals surface area contributed by atoms with Crippen LogP contribution in [0.25, 0.3) is 11.5 Å². The molecule has 1 aromatic carbocycles. The number of aromatic amines is 1. The van der Waals surface area contributed by atoms with Crippen LogP contribution in [0, 0.1) is 0 Å². The fourth-order valence-corrected chi connectivity index (χ4v) is 1.83. The van der Waals surface area contributed by atoms with Gasteiger partial charge in [0.15, 0.2) is 6.10 Å². The standard InChI is InChI=1S/C15H13N3O3/c1-10(20-15(19)12-8-5-9-16-12)13-17-18-14(21-13)11-6-3-2-4-7-11/h2-10,16H,1H3/t10-/m0/s1. The van der Waals surface area contributed by atoms with Crippen LogP contribution in [-0.2, 0) is 4.74 Å². The van der Waals surface area contributed by atoms with Crippen molar-refractivity contribution in [1.82, 2.24) is 15.2 Å². The third-order valence-electron chi connectivity index (χ3n) is 2.91. The molecular formula is C15H13N3O3. The van der Waals surface area contributed by atoms with E-state index in [-0.39, 0.29) is 5.89 Å². The molecule has 0 unspecified atom stereocenters. The highest BCUT2D eigenvalue weighted by atomic mass is 16.6. The molecule has 0 spiro atoms. The quantitative estimate of drug-likeness (QED) is 0.744. The van der Waals surface area contributed by atoms with Gasteiger partial charge in [-0.05, 0) is 31.2 Å². The first kappa shape index (κ1) is 13.1. The lowest BCUT2D eigenvalue weighted by atomic mass is 10.2. The van der Waals surface area contributed by atoms with E-state index in [4.69, 9.17) is 9.15 Å². The van der Waals surface area contributed by atoms with Gasteiger partial charge in [-0.1, -0.05) is 18.2 Å². The van der Waals surface area contributed by atoms with Gasteiger partial charge in [0.1, 0.15) is 5.69 Å². The van der Waals surface area contributed by atoms with Crippen LogP contribution in [0.4, 0.5) is 0 Å². The fourth-order valence-electron chi connectivity index (χ4n) is 1.83. The molecule has 0 aliphatic heterocycles. The summed E-state index contributed by atoms with van der Waals surface area (Å²) in [6.45, 7) is 1.68. The van der Waals surface area contributed by atoms with Gasteiger partial charge in [0.05, 0.1) is 0 Å². The Balaban J connectivity index is 1.73. The lowest BCUT2D eigenvalue weighted by Gasteiger charge is -2.07. The minimum atomic E-state index is -0.620. The molecule has 0 aliphatic carbocycles. The molecule has 106 valence electrons. The predicted molar refractivity (Wildman–Crippen MR) is 74.4 cm³/mol. The number of aromatic nitrogens is 3. The van der Waals surface area contributed by atoms with E-state index in [0.29, 0.717) is 11.6 Å². The van der Waals surface area contributed by atoms with E-state index < -0.39 is 12.1 Å².